The Kier molecular flexibility index (Phi) is 2.27. The van der Waals surface area contributed by atoms with Gasteiger partial charge >= 0.3 is 6.01 Å². The summed E-state index contributed by atoms with van der Waals surface area (Å²) in [5.74, 6) is 0.730. The van der Waals surface area contributed by atoms with Gasteiger partial charge in [-0.25, -0.2) is 4.98 Å². The predicted octanol–water partition coefficient (Wildman–Crippen LogP) is 1.01. The molecule has 0 saturated carbocycles. The zero-order valence-corrected chi connectivity index (χ0v) is 7.84. The molecule has 0 aliphatic carbocycles. The van der Waals surface area contributed by atoms with Gasteiger partial charge in [0.25, 0.3) is 0 Å². The van der Waals surface area contributed by atoms with Crippen molar-refractivity contribution < 1.29 is 4.74 Å². The van der Waals surface area contributed by atoms with Crippen molar-refractivity contribution in [1.82, 2.24) is 9.55 Å². The van der Waals surface area contributed by atoms with Crippen LogP contribution >= 0.6 is 0 Å². The summed E-state index contributed by atoms with van der Waals surface area (Å²) >= 11 is 0. The first-order valence-corrected chi connectivity index (χ1v) is 4.26. The lowest BCUT2D eigenvalue weighted by Crippen LogP contribution is -2.00. The van der Waals surface area contributed by atoms with Gasteiger partial charge in [-0.3, -0.25) is 0 Å². The van der Waals surface area contributed by atoms with Gasteiger partial charge in [0.05, 0.1) is 0 Å². The lowest BCUT2D eigenvalue weighted by molar-refractivity contribution is 0.425. The summed E-state index contributed by atoms with van der Waals surface area (Å²) in [4.78, 5) is 4.04. The zero-order valence-electron chi connectivity index (χ0n) is 7.84. The molecule has 68 valence electrons. The highest BCUT2D eigenvalue weighted by Gasteiger charge is 2.00. The normalized spacial score (nSPS) is 10.1. The first-order chi connectivity index (χ1) is 6.75. The van der Waals surface area contributed by atoms with Crippen molar-refractivity contribution in [3.05, 3.63) is 36.7 Å². The first-order valence-electron chi connectivity index (χ1n) is 4.26. The number of rotatable bonds is 2. The highest BCUT2D eigenvalue weighted by molar-refractivity contribution is 6.32. The van der Waals surface area contributed by atoms with Crippen LogP contribution in [0.3, 0.4) is 0 Å². The Labute approximate surface area is 83.8 Å². The molecule has 0 bridgehead atoms. The van der Waals surface area contributed by atoms with Gasteiger partial charge in [0.2, 0.25) is 0 Å². The highest BCUT2D eigenvalue weighted by atomic mass is 16.5. The Hall–Kier alpha value is -1.71. The van der Waals surface area contributed by atoms with Crippen LogP contribution < -0.4 is 10.2 Å². The van der Waals surface area contributed by atoms with E-state index in [1.165, 1.54) is 0 Å². The van der Waals surface area contributed by atoms with Crippen LogP contribution in [0.1, 0.15) is 0 Å². The number of nitrogens with zero attached hydrogens (tertiary/aromatic N) is 2. The summed E-state index contributed by atoms with van der Waals surface area (Å²) < 4.78 is 7.30. The third kappa shape index (κ3) is 1.79. The third-order valence-electron chi connectivity index (χ3n) is 1.87. The van der Waals surface area contributed by atoms with Gasteiger partial charge in [-0.2, -0.15) is 0 Å². The van der Waals surface area contributed by atoms with Crippen molar-refractivity contribution in [2.45, 2.75) is 0 Å². The minimum atomic E-state index is 0.565. The van der Waals surface area contributed by atoms with Gasteiger partial charge in [0, 0.05) is 19.4 Å². The van der Waals surface area contributed by atoms with Crippen molar-refractivity contribution >= 4 is 13.3 Å². The van der Waals surface area contributed by atoms with E-state index < -0.39 is 0 Å². The Morgan fingerprint density at radius 2 is 2.00 bits per heavy atom. The summed E-state index contributed by atoms with van der Waals surface area (Å²) in [5, 5.41) is 0. The Morgan fingerprint density at radius 1 is 1.29 bits per heavy atom. The molecule has 4 heteroatoms. The molecule has 0 aliphatic heterocycles. The zero-order chi connectivity index (χ0) is 9.97. The molecule has 0 fully saturated rings. The Bertz CT molecular complexity index is 422. The molecule has 2 rings (SSSR count). The maximum Gasteiger partial charge on any atom is 0.301 e. The fourth-order valence-electron chi connectivity index (χ4n) is 1.09. The number of hydrogen-bond donors (Lipinski definition) is 0. The largest absolute Gasteiger partial charge is 0.426 e. The number of hydrogen-bond acceptors (Lipinski definition) is 2. The van der Waals surface area contributed by atoms with E-state index in [9.17, 15) is 0 Å². The quantitative estimate of drug-likeness (QED) is 0.651. The van der Waals surface area contributed by atoms with Gasteiger partial charge < -0.3 is 9.30 Å². The summed E-state index contributed by atoms with van der Waals surface area (Å²) in [6.07, 6.45) is 3.51. The SMILES string of the molecule is [B]c1ccc(Oc2nccn2C)cc1. The van der Waals surface area contributed by atoms with E-state index in [2.05, 4.69) is 4.98 Å². The highest BCUT2D eigenvalue weighted by Crippen LogP contribution is 2.16. The second-order valence-corrected chi connectivity index (χ2v) is 2.99. The van der Waals surface area contributed by atoms with Crippen LogP contribution in [0.2, 0.25) is 0 Å². The third-order valence-corrected chi connectivity index (χ3v) is 1.87. The molecule has 0 amide bonds. The average molecular weight is 184 g/mol. The van der Waals surface area contributed by atoms with Crippen molar-refractivity contribution in [1.29, 1.82) is 0 Å². The fourth-order valence-corrected chi connectivity index (χ4v) is 1.09. The average Bonchev–Trinajstić information content (AvgIpc) is 2.56. The minimum Gasteiger partial charge on any atom is -0.426 e. The Balaban J connectivity index is 2.19. The summed E-state index contributed by atoms with van der Waals surface area (Å²) in [6.45, 7) is 0. The van der Waals surface area contributed by atoms with Gasteiger partial charge in [0.1, 0.15) is 13.6 Å². The van der Waals surface area contributed by atoms with Gasteiger partial charge in [-0.1, -0.05) is 17.6 Å². The minimum absolute atomic E-state index is 0.565. The van der Waals surface area contributed by atoms with Gasteiger partial charge in [0.15, 0.2) is 0 Å². The molecule has 0 saturated heterocycles. The van der Waals surface area contributed by atoms with Crippen molar-refractivity contribution in [2.24, 2.45) is 7.05 Å². The van der Waals surface area contributed by atoms with Crippen molar-refractivity contribution in [3.63, 3.8) is 0 Å². The van der Waals surface area contributed by atoms with E-state index in [-0.39, 0.29) is 0 Å². The number of aromatic nitrogens is 2. The topological polar surface area (TPSA) is 27.1 Å². The molecule has 1 aromatic heterocycles. The van der Waals surface area contributed by atoms with Crippen LogP contribution in [0, 0.1) is 0 Å². The number of benzene rings is 1. The van der Waals surface area contributed by atoms with Crippen LogP contribution in [-0.4, -0.2) is 17.4 Å². The molecule has 14 heavy (non-hydrogen) atoms. The molecule has 0 aliphatic rings. The summed E-state index contributed by atoms with van der Waals surface area (Å²) in [6, 6.07) is 7.76. The first kappa shape index (κ1) is 8.87. The van der Waals surface area contributed by atoms with Crippen LogP contribution in [-0.2, 0) is 7.05 Å². The van der Waals surface area contributed by atoms with E-state index in [1.807, 2.05) is 25.4 Å². The lowest BCUT2D eigenvalue weighted by Gasteiger charge is -2.04. The van der Waals surface area contributed by atoms with Crippen LogP contribution in [0.15, 0.2) is 36.7 Å². The Morgan fingerprint density at radius 3 is 2.57 bits per heavy atom. The van der Waals surface area contributed by atoms with Gasteiger partial charge in [-0.05, 0) is 12.1 Å². The van der Waals surface area contributed by atoms with E-state index in [4.69, 9.17) is 12.6 Å². The standard InChI is InChI=1S/C10H9BN2O/c1-13-7-6-12-10(13)14-9-4-2-8(11)3-5-9/h2-7H,1H3. The fraction of sp³-hybridized carbons (Fsp3) is 0.100. The molecule has 0 atom stereocenters. The molecule has 2 radical (unpaired) electrons. The van der Waals surface area contributed by atoms with Crippen LogP contribution in [0.5, 0.6) is 11.8 Å². The lowest BCUT2D eigenvalue weighted by atomic mass is 9.97. The van der Waals surface area contributed by atoms with Crippen molar-refractivity contribution in [2.75, 3.05) is 0 Å². The van der Waals surface area contributed by atoms with E-state index in [1.54, 1.807) is 22.9 Å². The molecular weight excluding hydrogens is 175 g/mol. The molecule has 2 aromatic rings. The number of aryl methyl sites for hydroxylation is 1. The van der Waals surface area contributed by atoms with Crippen molar-refractivity contribution in [3.8, 4) is 11.8 Å². The van der Waals surface area contributed by atoms with E-state index >= 15 is 0 Å². The molecule has 0 N–H and O–H groups in total. The summed E-state index contributed by atoms with van der Waals surface area (Å²) in [5.41, 5.74) is 0.720. The molecular formula is C10H9BN2O. The van der Waals surface area contributed by atoms with Crippen LogP contribution in [0.25, 0.3) is 0 Å². The van der Waals surface area contributed by atoms with Crippen LogP contribution in [0.4, 0.5) is 0 Å². The second kappa shape index (κ2) is 3.58. The maximum absolute atomic E-state index is 5.55. The number of imidazole rings is 1. The maximum atomic E-state index is 5.55. The summed E-state index contributed by atoms with van der Waals surface area (Å²) in [7, 11) is 7.43. The molecule has 0 unspecified atom stereocenters. The molecule has 3 nitrogen and oxygen atoms in total. The second-order valence-electron chi connectivity index (χ2n) is 2.99. The molecule has 0 spiro atoms. The van der Waals surface area contributed by atoms with Gasteiger partial charge in [-0.15, -0.1) is 0 Å². The molecule has 1 heterocycles. The smallest absolute Gasteiger partial charge is 0.301 e. The van der Waals surface area contributed by atoms with E-state index in [0.717, 1.165) is 11.2 Å². The number of ether oxygens (including phenoxy) is 1. The van der Waals surface area contributed by atoms with E-state index in [0.29, 0.717) is 6.01 Å². The monoisotopic (exact) mass is 184 g/mol. The molecule has 1 aromatic carbocycles. The predicted molar refractivity (Wildman–Crippen MR) is 55.1 cm³/mol.